The second-order valence-corrected chi connectivity index (χ2v) is 7.32. The third-order valence-corrected chi connectivity index (χ3v) is 5.12. The van der Waals surface area contributed by atoms with Gasteiger partial charge in [-0.2, -0.15) is 5.10 Å². The first-order chi connectivity index (χ1) is 14.5. The van der Waals surface area contributed by atoms with Gasteiger partial charge in [-0.15, -0.1) is 0 Å². The zero-order valence-corrected chi connectivity index (χ0v) is 16.9. The number of aromatic nitrogens is 2. The molecule has 4 aromatic rings. The number of halogens is 1. The van der Waals surface area contributed by atoms with E-state index in [2.05, 4.69) is 15.7 Å². The van der Waals surface area contributed by atoms with Crippen LogP contribution in [-0.4, -0.2) is 15.8 Å². The molecule has 4 rings (SSSR count). The summed E-state index contributed by atoms with van der Waals surface area (Å²) in [6.45, 7) is 4.46. The van der Waals surface area contributed by atoms with Crippen LogP contribution in [-0.2, 0) is 6.54 Å². The number of nitrogens with one attached hydrogen (secondary N) is 2. The van der Waals surface area contributed by atoms with E-state index in [0.717, 1.165) is 22.2 Å². The van der Waals surface area contributed by atoms with Gasteiger partial charge in [-0.1, -0.05) is 60.7 Å². The van der Waals surface area contributed by atoms with Gasteiger partial charge < -0.3 is 5.32 Å². The molecule has 6 heteroatoms. The van der Waals surface area contributed by atoms with E-state index in [1.807, 2.05) is 67.1 Å². The van der Waals surface area contributed by atoms with Crippen molar-refractivity contribution in [3.05, 3.63) is 95.4 Å². The number of aryl methyl sites for hydroxylation is 1. The smallest absolute Gasteiger partial charge is 0.320 e. The Labute approximate surface area is 174 Å². The van der Waals surface area contributed by atoms with Crippen molar-refractivity contribution in [3.8, 4) is 0 Å². The maximum Gasteiger partial charge on any atom is 0.320 e. The number of carbonyl (C=O) groups is 1. The molecule has 0 spiro atoms. The van der Waals surface area contributed by atoms with E-state index in [0.29, 0.717) is 17.7 Å². The minimum absolute atomic E-state index is 0.273. The lowest BCUT2D eigenvalue weighted by molar-refractivity contribution is 0.249. The molecule has 2 N–H and O–H groups in total. The first kappa shape index (κ1) is 19.6. The lowest BCUT2D eigenvalue weighted by atomic mass is 9.99. The van der Waals surface area contributed by atoms with E-state index in [1.165, 1.54) is 6.07 Å². The standard InChI is InChI=1S/C24H23FN4O/c1-16-14-23(28-29(16)15-18-8-4-3-5-9-18)27-24(30)26-17(2)19-12-13-22(25)21-11-7-6-10-20(19)21/h3-14,17H,15H2,1-2H3,(H2,26,27,28,30). The van der Waals surface area contributed by atoms with Crippen LogP contribution >= 0.6 is 0 Å². The van der Waals surface area contributed by atoms with E-state index in [4.69, 9.17) is 0 Å². The second kappa shape index (κ2) is 8.37. The van der Waals surface area contributed by atoms with Crippen molar-refractivity contribution < 1.29 is 9.18 Å². The molecule has 5 nitrogen and oxygen atoms in total. The van der Waals surface area contributed by atoms with Gasteiger partial charge in [0.2, 0.25) is 0 Å². The Morgan fingerprint density at radius 1 is 1.03 bits per heavy atom. The summed E-state index contributed by atoms with van der Waals surface area (Å²) in [5.74, 6) is 0.211. The van der Waals surface area contributed by atoms with E-state index >= 15 is 0 Å². The maximum absolute atomic E-state index is 14.1. The normalized spacial score (nSPS) is 12.0. The van der Waals surface area contributed by atoms with Gasteiger partial charge in [0.15, 0.2) is 5.82 Å². The van der Waals surface area contributed by atoms with Gasteiger partial charge >= 0.3 is 6.03 Å². The van der Waals surface area contributed by atoms with E-state index in [9.17, 15) is 9.18 Å². The van der Waals surface area contributed by atoms with Crippen molar-refractivity contribution in [2.24, 2.45) is 0 Å². The highest BCUT2D eigenvalue weighted by Gasteiger charge is 2.15. The first-order valence-electron chi connectivity index (χ1n) is 9.84. The van der Waals surface area contributed by atoms with Gasteiger partial charge in [0.25, 0.3) is 0 Å². The molecule has 1 atom stereocenters. The number of urea groups is 1. The van der Waals surface area contributed by atoms with E-state index in [-0.39, 0.29) is 17.9 Å². The monoisotopic (exact) mass is 402 g/mol. The Hall–Kier alpha value is -3.67. The van der Waals surface area contributed by atoms with Crippen molar-refractivity contribution in [1.82, 2.24) is 15.1 Å². The summed E-state index contributed by atoms with van der Waals surface area (Å²) in [5, 5.41) is 11.5. The predicted octanol–water partition coefficient (Wildman–Crippen LogP) is 5.41. The van der Waals surface area contributed by atoms with Gasteiger partial charge in [0.1, 0.15) is 5.82 Å². The predicted molar refractivity (Wildman–Crippen MR) is 117 cm³/mol. The number of rotatable bonds is 5. The molecule has 0 saturated carbocycles. The number of carbonyl (C=O) groups excluding carboxylic acids is 1. The Balaban J connectivity index is 1.45. The molecule has 152 valence electrons. The third kappa shape index (κ3) is 4.17. The summed E-state index contributed by atoms with van der Waals surface area (Å²) in [4.78, 5) is 12.5. The number of anilines is 1. The highest BCUT2D eigenvalue weighted by molar-refractivity contribution is 5.90. The minimum atomic E-state index is -0.361. The highest BCUT2D eigenvalue weighted by atomic mass is 19.1. The lowest BCUT2D eigenvalue weighted by Gasteiger charge is -2.17. The molecule has 0 aliphatic heterocycles. The zero-order chi connectivity index (χ0) is 21.1. The van der Waals surface area contributed by atoms with Crippen LogP contribution in [0.15, 0.2) is 72.8 Å². The molecule has 0 aliphatic carbocycles. The summed E-state index contributed by atoms with van der Waals surface area (Å²) in [7, 11) is 0. The molecule has 0 fully saturated rings. The fourth-order valence-corrected chi connectivity index (χ4v) is 3.58. The van der Waals surface area contributed by atoms with Crippen molar-refractivity contribution in [3.63, 3.8) is 0 Å². The first-order valence-corrected chi connectivity index (χ1v) is 9.84. The quantitative estimate of drug-likeness (QED) is 0.469. The summed E-state index contributed by atoms with van der Waals surface area (Å²) in [5.41, 5.74) is 2.94. The number of benzene rings is 3. The molecule has 1 heterocycles. The zero-order valence-electron chi connectivity index (χ0n) is 16.9. The minimum Gasteiger partial charge on any atom is -0.331 e. The average Bonchev–Trinajstić information content (AvgIpc) is 3.07. The largest absolute Gasteiger partial charge is 0.331 e. The topological polar surface area (TPSA) is 59.0 Å². The molecule has 0 saturated heterocycles. The van der Waals surface area contributed by atoms with E-state index in [1.54, 1.807) is 18.2 Å². The fourth-order valence-electron chi connectivity index (χ4n) is 3.58. The average molecular weight is 402 g/mol. The molecule has 3 aromatic carbocycles. The Morgan fingerprint density at radius 3 is 2.50 bits per heavy atom. The van der Waals surface area contributed by atoms with Crippen LogP contribution in [0.1, 0.15) is 29.8 Å². The van der Waals surface area contributed by atoms with Gasteiger partial charge in [-0.3, -0.25) is 10.00 Å². The van der Waals surface area contributed by atoms with Crippen LogP contribution in [0, 0.1) is 12.7 Å². The number of fused-ring (bicyclic) bond motifs is 1. The number of hydrogen-bond acceptors (Lipinski definition) is 2. The second-order valence-electron chi connectivity index (χ2n) is 7.32. The Kier molecular flexibility index (Phi) is 5.48. The molecule has 2 amide bonds. The van der Waals surface area contributed by atoms with Gasteiger partial charge in [-0.05, 0) is 36.4 Å². The Morgan fingerprint density at radius 2 is 1.73 bits per heavy atom. The molecule has 0 aliphatic rings. The number of amides is 2. The van der Waals surface area contributed by atoms with Crippen molar-refractivity contribution in [2.75, 3.05) is 5.32 Å². The molecule has 1 aromatic heterocycles. The lowest BCUT2D eigenvalue weighted by Crippen LogP contribution is -2.31. The third-order valence-electron chi connectivity index (χ3n) is 5.12. The molecule has 1 unspecified atom stereocenters. The molecule has 30 heavy (non-hydrogen) atoms. The summed E-state index contributed by atoms with van der Waals surface area (Å²) in [6.07, 6.45) is 0. The fraction of sp³-hybridized carbons (Fsp3) is 0.167. The highest BCUT2D eigenvalue weighted by Crippen LogP contribution is 2.26. The molecule has 0 radical (unpaired) electrons. The summed E-state index contributed by atoms with van der Waals surface area (Å²) in [6, 6.07) is 21.6. The van der Waals surface area contributed by atoms with Gasteiger partial charge in [0, 0.05) is 17.1 Å². The van der Waals surface area contributed by atoms with Gasteiger partial charge in [-0.25, -0.2) is 9.18 Å². The van der Waals surface area contributed by atoms with Crippen LogP contribution in [0.2, 0.25) is 0 Å². The van der Waals surface area contributed by atoms with Crippen LogP contribution in [0.25, 0.3) is 10.8 Å². The Bertz CT molecular complexity index is 1190. The molecular formula is C24H23FN4O. The summed E-state index contributed by atoms with van der Waals surface area (Å²) >= 11 is 0. The van der Waals surface area contributed by atoms with Crippen molar-refractivity contribution in [2.45, 2.75) is 26.4 Å². The summed E-state index contributed by atoms with van der Waals surface area (Å²) < 4.78 is 15.9. The SMILES string of the molecule is Cc1cc(NC(=O)NC(C)c2ccc(F)c3ccccc23)nn1Cc1ccccc1. The van der Waals surface area contributed by atoms with Crippen LogP contribution in [0.5, 0.6) is 0 Å². The van der Waals surface area contributed by atoms with E-state index < -0.39 is 0 Å². The number of nitrogens with zero attached hydrogens (tertiary/aromatic N) is 2. The molecule has 0 bridgehead atoms. The van der Waals surface area contributed by atoms with Crippen molar-refractivity contribution >= 4 is 22.6 Å². The number of hydrogen-bond donors (Lipinski definition) is 2. The van der Waals surface area contributed by atoms with Crippen molar-refractivity contribution in [1.29, 1.82) is 0 Å². The van der Waals surface area contributed by atoms with Crippen LogP contribution in [0.3, 0.4) is 0 Å². The van der Waals surface area contributed by atoms with Gasteiger partial charge in [0.05, 0.1) is 12.6 Å². The van der Waals surface area contributed by atoms with Crippen LogP contribution in [0.4, 0.5) is 15.0 Å². The van der Waals surface area contributed by atoms with Crippen LogP contribution < -0.4 is 10.6 Å². The molecular weight excluding hydrogens is 379 g/mol. The maximum atomic E-state index is 14.1.